The molecule has 0 unspecified atom stereocenters. The van der Waals surface area contributed by atoms with Crippen molar-refractivity contribution in [2.75, 3.05) is 32.1 Å². The van der Waals surface area contributed by atoms with E-state index >= 15 is 0 Å². The van der Waals surface area contributed by atoms with Gasteiger partial charge in [-0.15, -0.1) is 0 Å². The SMILES string of the molecule is CC(=O)N1C[C@@H]2C[C@H](C1)c1cc(-c3nc(N(C)C)nc(C)c3C)cc(=O)n1C2. The Balaban J connectivity index is 1.83. The zero-order valence-corrected chi connectivity index (χ0v) is 17.2. The topological polar surface area (TPSA) is 71.3 Å². The molecular formula is C21H27N5O2. The molecule has 1 saturated heterocycles. The number of aryl methyl sites for hydroxylation is 1. The van der Waals surface area contributed by atoms with Crippen molar-refractivity contribution >= 4 is 11.9 Å². The van der Waals surface area contributed by atoms with E-state index in [-0.39, 0.29) is 17.4 Å². The molecule has 2 atom stereocenters. The first-order valence-corrected chi connectivity index (χ1v) is 9.77. The van der Waals surface area contributed by atoms with Crippen molar-refractivity contribution in [2.45, 2.75) is 39.7 Å². The summed E-state index contributed by atoms with van der Waals surface area (Å²) in [6.45, 7) is 7.69. The molecule has 2 aromatic heterocycles. The van der Waals surface area contributed by atoms with Crippen LogP contribution < -0.4 is 10.5 Å². The first kappa shape index (κ1) is 18.7. The average Bonchev–Trinajstić information content (AvgIpc) is 2.64. The molecule has 2 aliphatic rings. The summed E-state index contributed by atoms with van der Waals surface area (Å²) in [7, 11) is 3.82. The summed E-state index contributed by atoms with van der Waals surface area (Å²) in [5.41, 5.74) is 4.57. The van der Waals surface area contributed by atoms with Gasteiger partial charge in [0.2, 0.25) is 11.9 Å². The van der Waals surface area contributed by atoms with Crippen molar-refractivity contribution in [1.29, 1.82) is 0 Å². The summed E-state index contributed by atoms with van der Waals surface area (Å²) in [4.78, 5) is 37.9. The Morgan fingerprint density at radius 2 is 1.89 bits per heavy atom. The summed E-state index contributed by atoms with van der Waals surface area (Å²) < 4.78 is 1.90. The van der Waals surface area contributed by atoms with Gasteiger partial charge in [-0.3, -0.25) is 9.59 Å². The van der Waals surface area contributed by atoms with Gasteiger partial charge in [0.15, 0.2) is 0 Å². The summed E-state index contributed by atoms with van der Waals surface area (Å²) in [5.74, 6) is 1.29. The third-order valence-electron chi connectivity index (χ3n) is 6.05. The minimum absolute atomic E-state index is 0.0144. The van der Waals surface area contributed by atoms with E-state index in [0.29, 0.717) is 25.0 Å². The number of amides is 1. The molecule has 2 bridgehead atoms. The maximum atomic E-state index is 12.9. The molecular weight excluding hydrogens is 354 g/mol. The fraction of sp³-hybridized carbons (Fsp3) is 0.524. The molecule has 0 aliphatic carbocycles. The summed E-state index contributed by atoms with van der Waals surface area (Å²) in [5, 5.41) is 0. The van der Waals surface area contributed by atoms with Crippen LogP contribution in [0.1, 0.15) is 36.2 Å². The zero-order valence-electron chi connectivity index (χ0n) is 17.2. The smallest absolute Gasteiger partial charge is 0.251 e. The van der Waals surface area contributed by atoms with Crippen molar-refractivity contribution < 1.29 is 4.79 Å². The van der Waals surface area contributed by atoms with E-state index in [1.807, 2.05) is 42.3 Å². The predicted octanol–water partition coefficient (Wildman–Crippen LogP) is 1.95. The Bertz CT molecular complexity index is 1010. The van der Waals surface area contributed by atoms with Crippen molar-refractivity contribution in [1.82, 2.24) is 19.4 Å². The monoisotopic (exact) mass is 381 g/mol. The molecule has 4 heterocycles. The van der Waals surface area contributed by atoms with E-state index in [2.05, 4.69) is 11.1 Å². The maximum Gasteiger partial charge on any atom is 0.251 e. The largest absolute Gasteiger partial charge is 0.347 e. The molecule has 1 fully saturated rings. The van der Waals surface area contributed by atoms with Gasteiger partial charge in [-0.2, -0.15) is 0 Å². The Labute approximate surface area is 165 Å². The lowest BCUT2D eigenvalue weighted by atomic mass is 9.82. The highest BCUT2D eigenvalue weighted by molar-refractivity contribution is 5.73. The van der Waals surface area contributed by atoms with Gasteiger partial charge in [0.25, 0.3) is 5.56 Å². The van der Waals surface area contributed by atoms with Gasteiger partial charge in [-0.05, 0) is 37.8 Å². The number of aromatic nitrogens is 3. The van der Waals surface area contributed by atoms with Gasteiger partial charge in [0, 0.05) is 69.6 Å². The second-order valence-corrected chi connectivity index (χ2v) is 8.32. The molecule has 2 aliphatic heterocycles. The molecule has 7 nitrogen and oxygen atoms in total. The Morgan fingerprint density at radius 1 is 1.14 bits per heavy atom. The van der Waals surface area contributed by atoms with Crippen LogP contribution in [0.25, 0.3) is 11.3 Å². The fourth-order valence-electron chi connectivity index (χ4n) is 4.45. The normalized spacial score (nSPS) is 20.7. The van der Waals surface area contributed by atoms with E-state index in [4.69, 9.17) is 4.98 Å². The number of pyridine rings is 1. The van der Waals surface area contributed by atoms with Crippen LogP contribution in [0.3, 0.4) is 0 Å². The first-order chi connectivity index (χ1) is 13.2. The molecule has 0 radical (unpaired) electrons. The van der Waals surface area contributed by atoms with Crippen LogP contribution in [0.2, 0.25) is 0 Å². The van der Waals surface area contributed by atoms with Gasteiger partial charge in [-0.1, -0.05) is 0 Å². The van der Waals surface area contributed by atoms with Crippen LogP contribution in [-0.2, 0) is 11.3 Å². The zero-order chi connectivity index (χ0) is 20.2. The number of rotatable bonds is 2. The minimum atomic E-state index is 0.0144. The summed E-state index contributed by atoms with van der Waals surface area (Å²) in [6, 6.07) is 3.79. The standard InChI is InChI=1S/C21H27N5O2/c1-12-13(2)22-21(24(4)5)23-20(12)16-7-18-17-6-15(9-25(11-17)14(3)27)10-26(18)19(28)8-16/h7-8,15,17H,6,9-11H2,1-5H3/t15-,17+/m0/s1. The average molecular weight is 381 g/mol. The second kappa shape index (κ2) is 6.72. The van der Waals surface area contributed by atoms with Crippen molar-refractivity contribution in [3.05, 3.63) is 39.4 Å². The lowest BCUT2D eigenvalue weighted by Gasteiger charge is -2.42. The highest BCUT2D eigenvalue weighted by atomic mass is 16.2. The number of anilines is 1. The molecule has 0 spiro atoms. The number of piperidine rings is 1. The first-order valence-electron chi connectivity index (χ1n) is 9.77. The van der Waals surface area contributed by atoms with Crippen molar-refractivity contribution in [2.24, 2.45) is 5.92 Å². The van der Waals surface area contributed by atoms with Gasteiger partial charge < -0.3 is 14.4 Å². The van der Waals surface area contributed by atoms with E-state index in [9.17, 15) is 9.59 Å². The molecule has 0 N–H and O–H groups in total. The Kier molecular flexibility index (Phi) is 4.48. The molecule has 0 aromatic carbocycles. The molecule has 28 heavy (non-hydrogen) atoms. The third kappa shape index (κ3) is 3.08. The van der Waals surface area contributed by atoms with Crippen LogP contribution in [0.5, 0.6) is 0 Å². The number of nitrogens with zero attached hydrogens (tertiary/aromatic N) is 5. The third-order valence-corrected chi connectivity index (χ3v) is 6.05. The molecule has 148 valence electrons. The Hall–Kier alpha value is -2.70. The summed E-state index contributed by atoms with van der Waals surface area (Å²) >= 11 is 0. The highest BCUT2D eigenvalue weighted by Crippen LogP contribution is 2.37. The van der Waals surface area contributed by atoms with Crippen LogP contribution in [0.15, 0.2) is 16.9 Å². The number of hydrogen-bond acceptors (Lipinski definition) is 5. The molecule has 1 amide bonds. The summed E-state index contributed by atoms with van der Waals surface area (Å²) in [6.07, 6.45) is 1.03. The van der Waals surface area contributed by atoms with Gasteiger partial charge in [-0.25, -0.2) is 9.97 Å². The van der Waals surface area contributed by atoms with Crippen molar-refractivity contribution in [3.63, 3.8) is 0 Å². The predicted molar refractivity (Wildman–Crippen MR) is 109 cm³/mol. The Morgan fingerprint density at radius 3 is 2.57 bits per heavy atom. The van der Waals surface area contributed by atoms with Gasteiger partial charge >= 0.3 is 0 Å². The lowest BCUT2D eigenvalue weighted by Crippen LogP contribution is -2.48. The number of carbonyl (C=O) groups excluding carboxylic acids is 1. The maximum absolute atomic E-state index is 12.9. The fourth-order valence-corrected chi connectivity index (χ4v) is 4.45. The number of fused-ring (bicyclic) bond motifs is 4. The van der Waals surface area contributed by atoms with E-state index < -0.39 is 0 Å². The number of likely N-dealkylation sites (tertiary alicyclic amines) is 1. The molecule has 4 rings (SSSR count). The minimum Gasteiger partial charge on any atom is -0.347 e. The van der Waals surface area contributed by atoms with E-state index in [1.165, 1.54) is 0 Å². The number of hydrogen-bond donors (Lipinski definition) is 0. The van der Waals surface area contributed by atoms with Crippen LogP contribution in [0, 0.1) is 19.8 Å². The molecule has 2 aromatic rings. The molecule has 7 heteroatoms. The van der Waals surface area contributed by atoms with Crippen LogP contribution >= 0.6 is 0 Å². The lowest BCUT2D eigenvalue weighted by molar-refractivity contribution is -0.131. The second-order valence-electron chi connectivity index (χ2n) is 8.32. The van der Waals surface area contributed by atoms with Crippen molar-refractivity contribution in [3.8, 4) is 11.3 Å². The van der Waals surface area contributed by atoms with Gasteiger partial charge in [0.1, 0.15) is 0 Å². The van der Waals surface area contributed by atoms with Gasteiger partial charge in [0.05, 0.1) is 5.69 Å². The van der Waals surface area contributed by atoms with Crippen LogP contribution in [0.4, 0.5) is 5.95 Å². The molecule has 0 saturated carbocycles. The van der Waals surface area contributed by atoms with E-state index in [1.54, 1.807) is 13.0 Å². The number of carbonyl (C=O) groups is 1. The van der Waals surface area contributed by atoms with E-state index in [0.717, 1.165) is 41.2 Å². The quantitative estimate of drug-likeness (QED) is 0.795. The highest BCUT2D eigenvalue weighted by Gasteiger charge is 2.35. The van der Waals surface area contributed by atoms with Crippen LogP contribution in [-0.4, -0.2) is 52.5 Å².